The van der Waals surface area contributed by atoms with Crippen LogP contribution in [-0.2, 0) is 10.4 Å². The summed E-state index contributed by atoms with van der Waals surface area (Å²) in [6, 6.07) is 30.1. The van der Waals surface area contributed by atoms with Gasteiger partial charge in [0.25, 0.3) is 0 Å². The Hall–Kier alpha value is -3.44. The molecule has 5 heteroatoms. The quantitative estimate of drug-likeness (QED) is 0.317. The van der Waals surface area contributed by atoms with Crippen molar-refractivity contribution in [2.45, 2.75) is 37.6 Å². The minimum absolute atomic E-state index is 0.634. The van der Waals surface area contributed by atoms with Gasteiger partial charge in [-0.05, 0) is 42.4 Å². The van der Waals surface area contributed by atoms with Gasteiger partial charge in [0.2, 0.25) is 0 Å². The van der Waals surface area contributed by atoms with Crippen LogP contribution in [0.4, 0.5) is 4.79 Å². The lowest BCUT2D eigenvalue weighted by Crippen LogP contribution is -2.53. The standard InChI is InChI=1S/C26H27N3O2/c30-25(31-28-24-19-11-4-12-20-24)27-29-26(21-13-5-1-6-14-21,22-15-7-2-8-16-22)23-17-9-3-10-18-23/h1-3,5-10,13-18,29H,4,11-12,19-20H2,(H,27,30). The first-order valence-corrected chi connectivity index (χ1v) is 10.8. The topological polar surface area (TPSA) is 62.7 Å². The molecule has 0 atom stereocenters. The molecule has 0 saturated heterocycles. The first-order chi connectivity index (χ1) is 15.3. The fourth-order valence-corrected chi connectivity index (χ4v) is 4.11. The molecule has 31 heavy (non-hydrogen) atoms. The van der Waals surface area contributed by atoms with E-state index in [1.807, 2.05) is 91.0 Å². The lowest BCUT2D eigenvalue weighted by atomic mass is 9.77. The molecule has 1 fully saturated rings. The predicted octanol–water partition coefficient (Wildman–Crippen LogP) is 5.53. The van der Waals surface area contributed by atoms with Crippen molar-refractivity contribution < 1.29 is 9.63 Å². The molecule has 3 aromatic rings. The van der Waals surface area contributed by atoms with Crippen LogP contribution in [0.2, 0.25) is 0 Å². The molecule has 4 rings (SSSR count). The Balaban J connectivity index is 1.66. The molecule has 3 aromatic carbocycles. The molecule has 0 bridgehead atoms. The molecule has 2 N–H and O–H groups in total. The van der Waals surface area contributed by atoms with Crippen molar-refractivity contribution in [3.63, 3.8) is 0 Å². The molecule has 0 aromatic heterocycles. The highest BCUT2D eigenvalue weighted by atomic mass is 16.7. The first-order valence-electron chi connectivity index (χ1n) is 10.8. The zero-order valence-corrected chi connectivity index (χ0v) is 17.5. The van der Waals surface area contributed by atoms with Gasteiger partial charge in [0, 0.05) is 0 Å². The van der Waals surface area contributed by atoms with Crippen LogP contribution in [0.25, 0.3) is 0 Å². The Labute approximate surface area is 183 Å². The maximum absolute atomic E-state index is 12.5. The average Bonchev–Trinajstić information content (AvgIpc) is 2.86. The van der Waals surface area contributed by atoms with E-state index in [9.17, 15) is 4.79 Å². The SMILES string of the molecule is O=C(NNC(c1ccccc1)(c1ccccc1)c1ccccc1)ON=C1CCCCC1. The van der Waals surface area contributed by atoms with Crippen molar-refractivity contribution in [1.82, 2.24) is 10.9 Å². The minimum Gasteiger partial charge on any atom is -0.297 e. The number of nitrogens with one attached hydrogen (secondary N) is 2. The Morgan fingerprint density at radius 2 is 1.16 bits per heavy atom. The van der Waals surface area contributed by atoms with Crippen molar-refractivity contribution in [2.75, 3.05) is 0 Å². The number of benzene rings is 3. The van der Waals surface area contributed by atoms with Crippen molar-refractivity contribution in [3.05, 3.63) is 108 Å². The molecule has 1 saturated carbocycles. The van der Waals surface area contributed by atoms with E-state index < -0.39 is 11.6 Å². The van der Waals surface area contributed by atoms with E-state index in [0.717, 1.165) is 48.1 Å². The second-order valence-electron chi connectivity index (χ2n) is 7.69. The van der Waals surface area contributed by atoms with Crippen molar-refractivity contribution >= 4 is 11.8 Å². The van der Waals surface area contributed by atoms with E-state index in [1.165, 1.54) is 6.42 Å². The van der Waals surface area contributed by atoms with Crippen LogP contribution in [0, 0.1) is 0 Å². The maximum Gasteiger partial charge on any atom is 0.447 e. The van der Waals surface area contributed by atoms with Gasteiger partial charge in [0.1, 0.15) is 5.54 Å². The molecule has 0 unspecified atom stereocenters. The van der Waals surface area contributed by atoms with E-state index in [1.54, 1.807) is 0 Å². The summed E-state index contributed by atoms with van der Waals surface area (Å²) in [6.07, 6.45) is 4.55. The summed E-state index contributed by atoms with van der Waals surface area (Å²) in [5.41, 5.74) is 9.13. The van der Waals surface area contributed by atoms with E-state index >= 15 is 0 Å². The molecule has 1 aliphatic carbocycles. The number of hydrogen-bond acceptors (Lipinski definition) is 4. The van der Waals surface area contributed by atoms with Gasteiger partial charge in [0.15, 0.2) is 0 Å². The summed E-state index contributed by atoms with van der Waals surface area (Å²) < 4.78 is 0. The van der Waals surface area contributed by atoms with Crippen molar-refractivity contribution in [2.24, 2.45) is 5.16 Å². The molecule has 0 spiro atoms. The number of amides is 1. The molecule has 0 heterocycles. The van der Waals surface area contributed by atoms with Crippen LogP contribution in [-0.4, -0.2) is 11.8 Å². The Bertz CT molecular complexity index is 900. The zero-order chi connectivity index (χ0) is 21.4. The fraction of sp³-hybridized carbons (Fsp3) is 0.231. The lowest BCUT2D eigenvalue weighted by molar-refractivity contribution is 0.141. The smallest absolute Gasteiger partial charge is 0.297 e. The third-order valence-corrected chi connectivity index (χ3v) is 5.66. The number of hydrogen-bond donors (Lipinski definition) is 2. The highest BCUT2D eigenvalue weighted by Gasteiger charge is 2.36. The monoisotopic (exact) mass is 413 g/mol. The number of oxime groups is 1. The first kappa shape index (κ1) is 20.8. The lowest BCUT2D eigenvalue weighted by Gasteiger charge is -2.36. The van der Waals surface area contributed by atoms with Gasteiger partial charge in [-0.2, -0.15) is 0 Å². The van der Waals surface area contributed by atoms with E-state index in [0.29, 0.717) is 0 Å². The summed E-state index contributed by atoms with van der Waals surface area (Å²) >= 11 is 0. The average molecular weight is 414 g/mol. The zero-order valence-electron chi connectivity index (χ0n) is 17.5. The van der Waals surface area contributed by atoms with E-state index in [2.05, 4.69) is 16.0 Å². The molecule has 0 radical (unpaired) electrons. The Morgan fingerprint density at radius 1 is 0.710 bits per heavy atom. The van der Waals surface area contributed by atoms with Crippen molar-refractivity contribution in [1.29, 1.82) is 0 Å². The second-order valence-corrected chi connectivity index (χ2v) is 7.69. The fourth-order valence-electron chi connectivity index (χ4n) is 4.11. The highest BCUT2D eigenvalue weighted by molar-refractivity contribution is 5.85. The van der Waals surface area contributed by atoms with Crippen LogP contribution >= 0.6 is 0 Å². The third-order valence-electron chi connectivity index (χ3n) is 5.66. The summed E-state index contributed by atoms with van der Waals surface area (Å²) in [5.74, 6) is 0. The van der Waals surface area contributed by atoms with Crippen LogP contribution in [0.15, 0.2) is 96.2 Å². The van der Waals surface area contributed by atoms with Crippen molar-refractivity contribution in [3.8, 4) is 0 Å². The van der Waals surface area contributed by atoms with Gasteiger partial charge in [-0.15, -0.1) is 0 Å². The van der Waals surface area contributed by atoms with Gasteiger partial charge >= 0.3 is 6.09 Å². The number of hydrazine groups is 1. The van der Waals surface area contributed by atoms with Gasteiger partial charge in [-0.25, -0.2) is 10.2 Å². The summed E-state index contributed by atoms with van der Waals surface area (Å²) in [4.78, 5) is 17.7. The largest absolute Gasteiger partial charge is 0.447 e. The van der Waals surface area contributed by atoms with Crippen LogP contribution in [0.3, 0.4) is 0 Å². The Kier molecular flexibility index (Phi) is 6.75. The highest BCUT2D eigenvalue weighted by Crippen LogP contribution is 2.36. The molecular weight excluding hydrogens is 386 g/mol. The number of nitrogens with zero attached hydrogens (tertiary/aromatic N) is 1. The second kappa shape index (κ2) is 10.0. The van der Waals surface area contributed by atoms with Gasteiger partial charge < -0.3 is 0 Å². The molecule has 1 amide bonds. The molecule has 158 valence electrons. The molecule has 5 nitrogen and oxygen atoms in total. The maximum atomic E-state index is 12.5. The number of rotatable bonds is 6. The summed E-state index contributed by atoms with van der Waals surface area (Å²) in [6.45, 7) is 0. The van der Waals surface area contributed by atoms with Crippen LogP contribution in [0.1, 0.15) is 48.8 Å². The van der Waals surface area contributed by atoms with Gasteiger partial charge in [0.05, 0.1) is 5.71 Å². The normalized spacial score (nSPS) is 14.0. The molecule has 0 aliphatic heterocycles. The predicted molar refractivity (Wildman–Crippen MR) is 122 cm³/mol. The third kappa shape index (κ3) is 4.84. The summed E-state index contributed by atoms with van der Waals surface area (Å²) in [5, 5.41) is 4.07. The number of carbonyl (C=O) groups excluding carboxylic acids is 1. The summed E-state index contributed by atoms with van der Waals surface area (Å²) in [7, 11) is 0. The van der Waals surface area contributed by atoms with Gasteiger partial charge in [-0.3, -0.25) is 10.3 Å². The number of carbonyl (C=O) groups is 1. The van der Waals surface area contributed by atoms with E-state index in [4.69, 9.17) is 4.84 Å². The van der Waals surface area contributed by atoms with Crippen LogP contribution < -0.4 is 10.9 Å². The Morgan fingerprint density at radius 3 is 1.61 bits per heavy atom. The molecule has 1 aliphatic rings. The molecular formula is C26H27N3O2. The van der Waals surface area contributed by atoms with Gasteiger partial charge in [-0.1, -0.05) is 103 Å². The minimum atomic E-state index is -0.805. The van der Waals surface area contributed by atoms with E-state index in [-0.39, 0.29) is 0 Å². The van der Waals surface area contributed by atoms with Crippen LogP contribution in [0.5, 0.6) is 0 Å².